The van der Waals surface area contributed by atoms with Gasteiger partial charge in [-0.1, -0.05) is 18.5 Å². The highest BCUT2D eigenvalue weighted by molar-refractivity contribution is 6.30. The molecule has 1 N–H and O–H groups in total. The van der Waals surface area contributed by atoms with Gasteiger partial charge in [-0.3, -0.25) is 0 Å². The fourth-order valence-corrected chi connectivity index (χ4v) is 2.00. The SMILES string of the molecule is CCCNCc1cc(Cl)ccc1OCc1nncn1C. The smallest absolute Gasteiger partial charge is 0.170 e. The first kappa shape index (κ1) is 14.8. The lowest BCUT2D eigenvalue weighted by Gasteiger charge is -2.12. The van der Waals surface area contributed by atoms with Gasteiger partial charge in [-0.25, -0.2) is 0 Å². The molecule has 1 heterocycles. The number of aryl methyl sites for hydroxylation is 1. The average Bonchev–Trinajstić information content (AvgIpc) is 2.84. The Morgan fingerprint density at radius 1 is 1.40 bits per heavy atom. The van der Waals surface area contributed by atoms with E-state index in [-0.39, 0.29) is 0 Å². The van der Waals surface area contributed by atoms with Gasteiger partial charge in [-0.2, -0.15) is 0 Å². The van der Waals surface area contributed by atoms with E-state index < -0.39 is 0 Å². The van der Waals surface area contributed by atoms with Gasteiger partial charge in [0.05, 0.1) is 0 Å². The maximum absolute atomic E-state index is 6.04. The van der Waals surface area contributed by atoms with Gasteiger partial charge in [-0.15, -0.1) is 10.2 Å². The first-order chi connectivity index (χ1) is 9.70. The van der Waals surface area contributed by atoms with Crippen LogP contribution in [0.15, 0.2) is 24.5 Å². The lowest BCUT2D eigenvalue weighted by molar-refractivity contribution is 0.287. The summed E-state index contributed by atoms with van der Waals surface area (Å²) in [5, 5.41) is 11.9. The molecule has 0 spiro atoms. The molecule has 0 atom stereocenters. The molecular formula is C14H19ClN4O. The van der Waals surface area contributed by atoms with E-state index in [2.05, 4.69) is 22.4 Å². The number of rotatable bonds is 7. The Bertz CT molecular complexity index is 556. The summed E-state index contributed by atoms with van der Waals surface area (Å²) >= 11 is 6.04. The van der Waals surface area contributed by atoms with Crippen LogP contribution in [0.5, 0.6) is 5.75 Å². The van der Waals surface area contributed by atoms with Crippen molar-refractivity contribution >= 4 is 11.6 Å². The third kappa shape index (κ3) is 3.95. The van der Waals surface area contributed by atoms with Crippen molar-refractivity contribution in [2.75, 3.05) is 6.54 Å². The van der Waals surface area contributed by atoms with Crippen molar-refractivity contribution in [2.45, 2.75) is 26.5 Å². The molecule has 0 aliphatic heterocycles. The predicted octanol–water partition coefficient (Wildman–Crippen LogP) is 2.55. The Hall–Kier alpha value is -1.59. The molecule has 6 heteroatoms. The molecule has 0 saturated carbocycles. The van der Waals surface area contributed by atoms with Crippen molar-refractivity contribution in [1.29, 1.82) is 0 Å². The second kappa shape index (κ2) is 7.26. The molecule has 1 aromatic carbocycles. The van der Waals surface area contributed by atoms with Crippen LogP contribution >= 0.6 is 11.6 Å². The molecule has 0 aliphatic carbocycles. The Morgan fingerprint density at radius 3 is 2.95 bits per heavy atom. The minimum absolute atomic E-state index is 0.388. The van der Waals surface area contributed by atoms with Crippen molar-refractivity contribution in [3.8, 4) is 5.75 Å². The summed E-state index contributed by atoms with van der Waals surface area (Å²) in [6.07, 6.45) is 2.75. The second-order valence-corrected chi connectivity index (χ2v) is 5.01. The summed E-state index contributed by atoms with van der Waals surface area (Å²) in [5.41, 5.74) is 1.05. The number of aromatic nitrogens is 3. The quantitative estimate of drug-likeness (QED) is 0.797. The molecule has 0 saturated heterocycles. The summed E-state index contributed by atoms with van der Waals surface area (Å²) in [5.74, 6) is 1.61. The van der Waals surface area contributed by atoms with E-state index in [9.17, 15) is 0 Å². The minimum Gasteiger partial charge on any atom is -0.485 e. The van der Waals surface area contributed by atoms with Crippen LogP contribution < -0.4 is 10.1 Å². The van der Waals surface area contributed by atoms with E-state index in [1.54, 1.807) is 6.33 Å². The zero-order valence-electron chi connectivity index (χ0n) is 11.8. The van der Waals surface area contributed by atoms with Gasteiger partial charge in [-0.05, 0) is 31.2 Å². The predicted molar refractivity (Wildman–Crippen MR) is 78.8 cm³/mol. The van der Waals surface area contributed by atoms with Crippen LogP contribution in [0.25, 0.3) is 0 Å². The fraction of sp³-hybridized carbons (Fsp3) is 0.429. The average molecular weight is 295 g/mol. The molecule has 108 valence electrons. The topological polar surface area (TPSA) is 52.0 Å². The van der Waals surface area contributed by atoms with Crippen molar-refractivity contribution in [2.24, 2.45) is 7.05 Å². The molecular weight excluding hydrogens is 276 g/mol. The molecule has 1 aromatic heterocycles. The van der Waals surface area contributed by atoms with Crippen LogP contribution in [-0.4, -0.2) is 21.3 Å². The van der Waals surface area contributed by atoms with Crippen LogP contribution in [0.1, 0.15) is 24.7 Å². The van der Waals surface area contributed by atoms with Crippen LogP contribution in [0.3, 0.4) is 0 Å². The molecule has 0 aliphatic rings. The fourth-order valence-electron chi connectivity index (χ4n) is 1.81. The molecule has 20 heavy (non-hydrogen) atoms. The van der Waals surface area contributed by atoms with Crippen molar-refractivity contribution in [1.82, 2.24) is 20.1 Å². The molecule has 2 rings (SSSR count). The summed E-state index contributed by atoms with van der Waals surface area (Å²) < 4.78 is 7.66. The summed E-state index contributed by atoms with van der Waals surface area (Å²) in [6.45, 7) is 4.23. The van der Waals surface area contributed by atoms with Gasteiger partial charge in [0.2, 0.25) is 0 Å². The largest absolute Gasteiger partial charge is 0.485 e. The summed E-state index contributed by atoms with van der Waals surface area (Å²) in [7, 11) is 1.89. The third-order valence-electron chi connectivity index (χ3n) is 2.93. The van der Waals surface area contributed by atoms with E-state index in [4.69, 9.17) is 16.3 Å². The molecule has 0 amide bonds. The molecule has 0 radical (unpaired) electrons. The van der Waals surface area contributed by atoms with Gasteiger partial charge < -0.3 is 14.6 Å². The Morgan fingerprint density at radius 2 is 2.25 bits per heavy atom. The van der Waals surface area contributed by atoms with Gasteiger partial charge in [0.15, 0.2) is 5.82 Å². The van der Waals surface area contributed by atoms with Crippen molar-refractivity contribution in [3.63, 3.8) is 0 Å². The Balaban J connectivity index is 2.04. The number of ether oxygens (including phenoxy) is 1. The first-order valence-corrected chi connectivity index (χ1v) is 7.03. The summed E-state index contributed by atoms with van der Waals surface area (Å²) in [4.78, 5) is 0. The number of hydrogen-bond acceptors (Lipinski definition) is 4. The lowest BCUT2D eigenvalue weighted by Crippen LogP contribution is -2.15. The van der Waals surface area contributed by atoms with Crippen LogP contribution in [0.4, 0.5) is 0 Å². The molecule has 2 aromatic rings. The van der Waals surface area contributed by atoms with E-state index in [0.29, 0.717) is 11.6 Å². The first-order valence-electron chi connectivity index (χ1n) is 6.65. The Kier molecular flexibility index (Phi) is 5.38. The zero-order chi connectivity index (χ0) is 14.4. The number of hydrogen-bond donors (Lipinski definition) is 1. The highest BCUT2D eigenvalue weighted by Gasteiger charge is 2.07. The molecule has 0 bridgehead atoms. The zero-order valence-corrected chi connectivity index (χ0v) is 12.5. The summed E-state index contributed by atoms with van der Waals surface area (Å²) in [6, 6.07) is 5.65. The maximum atomic E-state index is 6.04. The van der Waals surface area contributed by atoms with Gasteiger partial charge in [0.1, 0.15) is 18.7 Å². The Labute approximate surface area is 123 Å². The third-order valence-corrected chi connectivity index (χ3v) is 3.16. The second-order valence-electron chi connectivity index (χ2n) is 4.58. The highest BCUT2D eigenvalue weighted by atomic mass is 35.5. The normalized spacial score (nSPS) is 10.8. The van der Waals surface area contributed by atoms with E-state index >= 15 is 0 Å². The standard InChI is InChI=1S/C14H19ClN4O/c1-3-6-16-8-11-7-12(15)4-5-13(11)20-9-14-18-17-10-19(14)2/h4-5,7,10,16H,3,6,8-9H2,1-2H3. The van der Waals surface area contributed by atoms with E-state index in [1.807, 2.05) is 29.8 Å². The van der Waals surface area contributed by atoms with Crippen molar-refractivity contribution in [3.05, 3.63) is 40.9 Å². The van der Waals surface area contributed by atoms with Gasteiger partial charge >= 0.3 is 0 Å². The number of nitrogens with one attached hydrogen (secondary N) is 1. The van der Waals surface area contributed by atoms with Crippen LogP contribution in [-0.2, 0) is 20.2 Å². The molecule has 0 unspecified atom stereocenters. The minimum atomic E-state index is 0.388. The van der Waals surface area contributed by atoms with Crippen molar-refractivity contribution < 1.29 is 4.74 Å². The molecule has 5 nitrogen and oxygen atoms in total. The van der Waals surface area contributed by atoms with E-state index in [1.165, 1.54) is 0 Å². The highest BCUT2D eigenvalue weighted by Crippen LogP contribution is 2.23. The van der Waals surface area contributed by atoms with Crippen LogP contribution in [0, 0.1) is 0 Å². The maximum Gasteiger partial charge on any atom is 0.170 e. The monoisotopic (exact) mass is 294 g/mol. The van der Waals surface area contributed by atoms with Gasteiger partial charge in [0, 0.05) is 24.2 Å². The van der Waals surface area contributed by atoms with E-state index in [0.717, 1.165) is 36.6 Å². The van der Waals surface area contributed by atoms with Crippen LogP contribution in [0.2, 0.25) is 5.02 Å². The number of benzene rings is 1. The number of halogens is 1. The lowest BCUT2D eigenvalue weighted by atomic mass is 10.2. The molecule has 0 fully saturated rings. The van der Waals surface area contributed by atoms with Gasteiger partial charge in [0.25, 0.3) is 0 Å². The number of nitrogens with zero attached hydrogens (tertiary/aromatic N) is 3.